The van der Waals surface area contributed by atoms with E-state index in [4.69, 9.17) is 14.2 Å². The molecule has 1 aliphatic heterocycles. The predicted octanol–water partition coefficient (Wildman–Crippen LogP) is 3.27. The number of para-hydroxylation sites is 1. The van der Waals surface area contributed by atoms with Crippen LogP contribution in [0.15, 0.2) is 60.7 Å². The van der Waals surface area contributed by atoms with Crippen LogP contribution >= 0.6 is 0 Å². The Bertz CT molecular complexity index is 743. The van der Waals surface area contributed by atoms with Crippen LogP contribution in [0.3, 0.4) is 0 Å². The van der Waals surface area contributed by atoms with E-state index in [1.807, 2.05) is 55.5 Å². The topological polar surface area (TPSA) is 56.8 Å². The number of nitrogens with one attached hydrogen (secondary N) is 1. The van der Waals surface area contributed by atoms with Gasteiger partial charge in [0.25, 0.3) is 0 Å². The van der Waals surface area contributed by atoms with Crippen molar-refractivity contribution in [3.05, 3.63) is 66.2 Å². The molecule has 1 unspecified atom stereocenters. The Balaban J connectivity index is 1.49. The fourth-order valence-corrected chi connectivity index (χ4v) is 2.49. The number of ether oxygens (including phenoxy) is 3. The maximum Gasteiger partial charge on any atom is 0.244 e. The van der Waals surface area contributed by atoms with Crippen molar-refractivity contribution in [1.82, 2.24) is 5.32 Å². The van der Waals surface area contributed by atoms with Crippen LogP contribution in [0.25, 0.3) is 0 Å². The average molecular weight is 339 g/mol. The Labute approximate surface area is 147 Å². The van der Waals surface area contributed by atoms with Crippen molar-refractivity contribution in [2.75, 3.05) is 19.8 Å². The summed E-state index contributed by atoms with van der Waals surface area (Å²) in [6.07, 6.45) is 3.18. The van der Waals surface area contributed by atoms with Gasteiger partial charge < -0.3 is 19.5 Å². The number of hydrogen-bond donors (Lipinski definition) is 1. The maximum atomic E-state index is 12.0. The van der Waals surface area contributed by atoms with Gasteiger partial charge in [0.05, 0.1) is 6.04 Å². The molecule has 1 atom stereocenters. The van der Waals surface area contributed by atoms with Crippen LogP contribution in [0, 0.1) is 0 Å². The summed E-state index contributed by atoms with van der Waals surface area (Å²) in [6.45, 7) is 3.38. The highest BCUT2D eigenvalue weighted by Crippen LogP contribution is 2.32. The fraction of sp³-hybridized carbons (Fsp3) is 0.250. The smallest absolute Gasteiger partial charge is 0.244 e. The first-order chi connectivity index (χ1) is 12.2. The quantitative estimate of drug-likeness (QED) is 0.821. The molecule has 5 nitrogen and oxygen atoms in total. The molecule has 0 radical (unpaired) electrons. The van der Waals surface area contributed by atoms with E-state index in [0.717, 1.165) is 22.8 Å². The number of fused-ring (bicyclic) bond motifs is 1. The lowest BCUT2D eigenvalue weighted by atomic mass is 10.1. The Morgan fingerprint density at radius 2 is 1.92 bits per heavy atom. The van der Waals surface area contributed by atoms with Crippen molar-refractivity contribution < 1.29 is 19.0 Å². The minimum absolute atomic E-state index is 0.136. The third-order valence-electron chi connectivity index (χ3n) is 3.78. The van der Waals surface area contributed by atoms with Gasteiger partial charge in [0, 0.05) is 6.08 Å². The van der Waals surface area contributed by atoms with Gasteiger partial charge in [0.15, 0.2) is 11.5 Å². The largest absolute Gasteiger partial charge is 0.490 e. The Morgan fingerprint density at radius 1 is 1.16 bits per heavy atom. The zero-order valence-corrected chi connectivity index (χ0v) is 14.1. The molecule has 130 valence electrons. The monoisotopic (exact) mass is 339 g/mol. The summed E-state index contributed by atoms with van der Waals surface area (Å²) < 4.78 is 16.6. The minimum Gasteiger partial charge on any atom is -0.490 e. The van der Waals surface area contributed by atoms with Gasteiger partial charge in [-0.2, -0.15) is 0 Å². The first-order valence-corrected chi connectivity index (χ1v) is 8.27. The third kappa shape index (κ3) is 4.76. The van der Waals surface area contributed by atoms with Crippen LogP contribution in [0.1, 0.15) is 18.5 Å². The lowest BCUT2D eigenvalue weighted by molar-refractivity contribution is -0.117. The standard InChI is InChI=1S/C20H21NO4/c1-15(16-9-10-18-19(14-16)25-13-12-24-18)21-20(22)8-5-11-23-17-6-3-2-4-7-17/h2-10,14-15H,11-13H2,1H3,(H,21,22). The van der Waals surface area contributed by atoms with Gasteiger partial charge in [-0.05, 0) is 42.8 Å². The van der Waals surface area contributed by atoms with Crippen molar-refractivity contribution in [3.63, 3.8) is 0 Å². The van der Waals surface area contributed by atoms with Crippen LogP contribution < -0.4 is 19.5 Å². The zero-order valence-electron chi connectivity index (χ0n) is 14.1. The van der Waals surface area contributed by atoms with E-state index in [0.29, 0.717) is 19.8 Å². The highest BCUT2D eigenvalue weighted by molar-refractivity contribution is 5.87. The van der Waals surface area contributed by atoms with Gasteiger partial charge in [-0.15, -0.1) is 0 Å². The second-order valence-electron chi connectivity index (χ2n) is 5.66. The molecule has 3 rings (SSSR count). The Hall–Kier alpha value is -2.95. The first kappa shape index (κ1) is 16.9. The number of carbonyl (C=O) groups is 1. The molecule has 0 saturated carbocycles. The van der Waals surface area contributed by atoms with E-state index in [1.165, 1.54) is 6.08 Å². The summed E-state index contributed by atoms with van der Waals surface area (Å²) in [5, 5.41) is 2.92. The van der Waals surface area contributed by atoms with E-state index in [1.54, 1.807) is 6.08 Å². The summed E-state index contributed by atoms with van der Waals surface area (Å²) in [5.41, 5.74) is 0.964. The van der Waals surface area contributed by atoms with Crippen molar-refractivity contribution in [2.45, 2.75) is 13.0 Å². The van der Waals surface area contributed by atoms with Crippen LogP contribution in [-0.2, 0) is 4.79 Å². The van der Waals surface area contributed by atoms with Crippen LogP contribution in [0.2, 0.25) is 0 Å². The molecular weight excluding hydrogens is 318 g/mol. The molecule has 0 saturated heterocycles. The van der Waals surface area contributed by atoms with E-state index in [-0.39, 0.29) is 11.9 Å². The maximum absolute atomic E-state index is 12.0. The van der Waals surface area contributed by atoms with E-state index < -0.39 is 0 Å². The van der Waals surface area contributed by atoms with Crippen molar-refractivity contribution in [1.29, 1.82) is 0 Å². The number of carbonyl (C=O) groups excluding carboxylic acids is 1. The van der Waals surface area contributed by atoms with Crippen molar-refractivity contribution >= 4 is 5.91 Å². The number of hydrogen-bond acceptors (Lipinski definition) is 4. The number of benzene rings is 2. The highest BCUT2D eigenvalue weighted by Gasteiger charge is 2.15. The fourth-order valence-electron chi connectivity index (χ4n) is 2.49. The molecule has 0 aliphatic carbocycles. The molecule has 0 aromatic heterocycles. The van der Waals surface area contributed by atoms with E-state index >= 15 is 0 Å². The normalized spacial score (nSPS) is 14.1. The highest BCUT2D eigenvalue weighted by atomic mass is 16.6. The summed E-state index contributed by atoms with van der Waals surface area (Å²) in [4.78, 5) is 12.0. The summed E-state index contributed by atoms with van der Waals surface area (Å²) in [6, 6.07) is 15.0. The predicted molar refractivity (Wildman–Crippen MR) is 95.1 cm³/mol. The van der Waals surface area contributed by atoms with Gasteiger partial charge in [-0.25, -0.2) is 0 Å². The third-order valence-corrected chi connectivity index (χ3v) is 3.78. The molecule has 5 heteroatoms. The second kappa shape index (κ2) is 8.24. The molecule has 2 aromatic rings. The van der Waals surface area contributed by atoms with Crippen LogP contribution in [0.5, 0.6) is 17.2 Å². The summed E-state index contributed by atoms with van der Waals surface area (Å²) in [7, 11) is 0. The van der Waals surface area contributed by atoms with Crippen LogP contribution in [-0.4, -0.2) is 25.7 Å². The second-order valence-corrected chi connectivity index (χ2v) is 5.66. The van der Waals surface area contributed by atoms with E-state index in [2.05, 4.69) is 5.32 Å². The number of rotatable bonds is 6. The molecule has 25 heavy (non-hydrogen) atoms. The van der Waals surface area contributed by atoms with Gasteiger partial charge in [-0.3, -0.25) is 4.79 Å². The van der Waals surface area contributed by atoms with Gasteiger partial charge in [0.1, 0.15) is 25.6 Å². The molecule has 1 aliphatic rings. The van der Waals surface area contributed by atoms with Crippen molar-refractivity contribution in [3.8, 4) is 17.2 Å². The summed E-state index contributed by atoms with van der Waals surface area (Å²) >= 11 is 0. The van der Waals surface area contributed by atoms with Gasteiger partial charge >= 0.3 is 0 Å². The lowest BCUT2D eigenvalue weighted by Crippen LogP contribution is -2.25. The Kier molecular flexibility index (Phi) is 5.57. The summed E-state index contributed by atoms with van der Waals surface area (Å²) in [5.74, 6) is 2.07. The van der Waals surface area contributed by atoms with Gasteiger partial charge in [0.2, 0.25) is 5.91 Å². The zero-order chi connectivity index (χ0) is 17.5. The lowest BCUT2D eigenvalue weighted by Gasteiger charge is -2.20. The molecule has 1 amide bonds. The number of amides is 1. The van der Waals surface area contributed by atoms with Crippen molar-refractivity contribution in [2.24, 2.45) is 0 Å². The van der Waals surface area contributed by atoms with Gasteiger partial charge in [-0.1, -0.05) is 24.3 Å². The molecule has 0 bridgehead atoms. The molecular formula is C20H21NO4. The van der Waals surface area contributed by atoms with E-state index in [9.17, 15) is 4.79 Å². The SMILES string of the molecule is CC(NC(=O)C=CCOc1ccccc1)c1ccc2c(c1)OCCO2. The molecule has 2 aromatic carbocycles. The average Bonchev–Trinajstić information content (AvgIpc) is 2.65. The Morgan fingerprint density at radius 3 is 2.72 bits per heavy atom. The molecule has 0 fully saturated rings. The molecule has 1 N–H and O–H groups in total. The molecule has 1 heterocycles. The van der Waals surface area contributed by atoms with Crippen LogP contribution in [0.4, 0.5) is 0 Å². The minimum atomic E-state index is -0.168. The molecule has 0 spiro atoms. The first-order valence-electron chi connectivity index (χ1n) is 8.27.